The van der Waals surface area contributed by atoms with Gasteiger partial charge in [-0.15, -0.1) is 11.3 Å². The molecular weight excluding hydrogens is 292 g/mol. The Balaban J connectivity index is 2.24. The quantitative estimate of drug-likeness (QED) is 0.867. The Hall–Kier alpha value is -1.52. The molecule has 20 heavy (non-hydrogen) atoms. The fourth-order valence-electron chi connectivity index (χ4n) is 1.90. The van der Waals surface area contributed by atoms with Gasteiger partial charge >= 0.3 is 0 Å². The molecule has 0 fully saturated rings. The molecule has 1 amide bonds. The van der Waals surface area contributed by atoms with E-state index in [1.807, 2.05) is 36.3 Å². The van der Waals surface area contributed by atoms with Crippen LogP contribution in [0.2, 0.25) is 5.02 Å². The Morgan fingerprint density at radius 2 is 2.15 bits per heavy atom. The van der Waals surface area contributed by atoms with Gasteiger partial charge in [-0.3, -0.25) is 4.79 Å². The molecule has 3 nitrogen and oxygen atoms in total. The van der Waals surface area contributed by atoms with E-state index in [0.717, 1.165) is 4.88 Å². The van der Waals surface area contributed by atoms with Crippen LogP contribution in [-0.2, 0) is 6.54 Å². The second-order valence-electron chi connectivity index (χ2n) is 4.84. The number of hydrogen-bond donors (Lipinski definition) is 1. The van der Waals surface area contributed by atoms with Gasteiger partial charge in [-0.1, -0.05) is 17.7 Å². The van der Waals surface area contributed by atoms with Crippen LogP contribution in [0.5, 0.6) is 0 Å². The maximum absolute atomic E-state index is 12.6. The van der Waals surface area contributed by atoms with Gasteiger partial charge in [0, 0.05) is 16.5 Å². The van der Waals surface area contributed by atoms with Crippen LogP contribution in [0.1, 0.15) is 29.1 Å². The predicted octanol–water partition coefficient (Wildman–Crippen LogP) is 4.03. The zero-order valence-corrected chi connectivity index (χ0v) is 13.0. The van der Waals surface area contributed by atoms with Gasteiger partial charge in [0.15, 0.2) is 0 Å². The third-order valence-corrected chi connectivity index (χ3v) is 4.24. The van der Waals surface area contributed by atoms with Crippen molar-refractivity contribution in [1.29, 1.82) is 0 Å². The molecule has 1 aromatic heterocycles. The minimum Gasteiger partial charge on any atom is -0.398 e. The molecule has 1 heterocycles. The summed E-state index contributed by atoms with van der Waals surface area (Å²) in [6.45, 7) is 4.62. The van der Waals surface area contributed by atoms with Crippen LogP contribution >= 0.6 is 22.9 Å². The molecule has 1 aromatic carbocycles. The van der Waals surface area contributed by atoms with E-state index in [1.165, 1.54) is 0 Å². The van der Waals surface area contributed by atoms with Crippen LogP contribution < -0.4 is 5.73 Å². The van der Waals surface area contributed by atoms with E-state index in [2.05, 4.69) is 0 Å². The lowest BCUT2D eigenvalue weighted by molar-refractivity contribution is 0.0692. The molecule has 0 unspecified atom stereocenters. The van der Waals surface area contributed by atoms with Gasteiger partial charge in [-0.2, -0.15) is 0 Å². The molecule has 106 valence electrons. The first-order valence-corrected chi connectivity index (χ1v) is 7.63. The van der Waals surface area contributed by atoms with Gasteiger partial charge in [0.25, 0.3) is 5.91 Å². The largest absolute Gasteiger partial charge is 0.398 e. The highest BCUT2D eigenvalue weighted by Crippen LogP contribution is 2.22. The Morgan fingerprint density at radius 1 is 1.40 bits per heavy atom. The van der Waals surface area contributed by atoms with Crippen LogP contribution in [-0.4, -0.2) is 16.8 Å². The highest BCUT2D eigenvalue weighted by atomic mass is 35.5. The number of hydrogen-bond acceptors (Lipinski definition) is 3. The standard InChI is InChI=1S/C15H17ClN2OS/c1-10(2)18(9-12-4-3-7-20-12)15(19)11-5-6-13(16)14(17)8-11/h3-8,10H,9,17H2,1-2H3. The van der Waals surface area contributed by atoms with Crippen molar-refractivity contribution in [3.63, 3.8) is 0 Å². The molecule has 0 radical (unpaired) electrons. The van der Waals surface area contributed by atoms with Crippen molar-refractivity contribution >= 4 is 34.5 Å². The maximum atomic E-state index is 12.6. The minimum absolute atomic E-state index is 0.0308. The number of thiophene rings is 1. The second kappa shape index (κ2) is 6.29. The van der Waals surface area contributed by atoms with E-state index in [9.17, 15) is 4.79 Å². The van der Waals surface area contributed by atoms with Crippen molar-refractivity contribution in [3.8, 4) is 0 Å². The summed E-state index contributed by atoms with van der Waals surface area (Å²) in [6.07, 6.45) is 0. The third kappa shape index (κ3) is 3.32. The molecule has 0 aliphatic rings. The van der Waals surface area contributed by atoms with Crippen LogP contribution in [0.15, 0.2) is 35.7 Å². The van der Waals surface area contributed by atoms with Gasteiger partial charge in [0.05, 0.1) is 17.3 Å². The number of halogens is 1. The first-order chi connectivity index (χ1) is 9.49. The number of carbonyl (C=O) groups is 1. The molecule has 0 spiro atoms. The number of nitrogens with two attached hydrogens (primary N) is 1. The number of benzene rings is 1. The maximum Gasteiger partial charge on any atom is 0.254 e. The van der Waals surface area contributed by atoms with Gasteiger partial charge in [0.1, 0.15) is 0 Å². The van der Waals surface area contributed by atoms with Gasteiger partial charge < -0.3 is 10.6 Å². The summed E-state index contributed by atoms with van der Waals surface area (Å²) in [4.78, 5) is 15.6. The number of amides is 1. The lowest BCUT2D eigenvalue weighted by atomic mass is 10.1. The molecule has 0 aliphatic heterocycles. The number of nitrogens with zero attached hydrogens (tertiary/aromatic N) is 1. The van der Waals surface area contributed by atoms with Gasteiger partial charge in [-0.25, -0.2) is 0 Å². The van der Waals surface area contributed by atoms with Crippen LogP contribution in [0, 0.1) is 0 Å². The summed E-state index contributed by atoms with van der Waals surface area (Å²) in [5.41, 5.74) is 6.77. The third-order valence-electron chi connectivity index (χ3n) is 3.03. The highest BCUT2D eigenvalue weighted by Gasteiger charge is 2.20. The molecule has 2 N–H and O–H groups in total. The van der Waals surface area contributed by atoms with Gasteiger partial charge in [0.2, 0.25) is 0 Å². The van der Waals surface area contributed by atoms with Crippen molar-refractivity contribution in [1.82, 2.24) is 4.90 Å². The van der Waals surface area contributed by atoms with E-state index in [4.69, 9.17) is 17.3 Å². The van der Waals surface area contributed by atoms with Crippen molar-refractivity contribution in [2.75, 3.05) is 5.73 Å². The molecule has 5 heteroatoms. The Kier molecular flexibility index (Phi) is 4.68. The number of nitrogen functional groups attached to an aromatic ring is 1. The highest BCUT2D eigenvalue weighted by molar-refractivity contribution is 7.09. The second-order valence-corrected chi connectivity index (χ2v) is 6.28. The minimum atomic E-state index is -0.0308. The number of anilines is 1. The number of carbonyl (C=O) groups excluding carboxylic acids is 1. The van der Waals surface area contributed by atoms with Crippen molar-refractivity contribution < 1.29 is 4.79 Å². The molecule has 0 atom stereocenters. The van der Waals surface area contributed by atoms with E-state index < -0.39 is 0 Å². The first-order valence-electron chi connectivity index (χ1n) is 6.37. The molecule has 0 bridgehead atoms. The average Bonchev–Trinajstić information content (AvgIpc) is 2.91. The van der Waals surface area contributed by atoms with E-state index >= 15 is 0 Å². The zero-order valence-electron chi connectivity index (χ0n) is 11.5. The van der Waals surface area contributed by atoms with Crippen molar-refractivity contribution in [3.05, 3.63) is 51.2 Å². The monoisotopic (exact) mass is 308 g/mol. The fraction of sp³-hybridized carbons (Fsp3) is 0.267. The van der Waals surface area contributed by atoms with Gasteiger partial charge in [-0.05, 0) is 43.5 Å². The summed E-state index contributed by atoms with van der Waals surface area (Å²) in [5.74, 6) is -0.0308. The van der Waals surface area contributed by atoms with E-state index in [-0.39, 0.29) is 11.9 Å². The molecule has 0 saturated heterocycles. The lowest BCUT2D eigenvalue weighted by Gasteiger charge is -2.26. The summed E-state index contributed by atoms with van der Waals surface area (Å²) < 4.78 is 0. The summed E-state index contributed by atoms with van der Waals surface area (Å²) >= 11 is 7.54. The molecule has 2 aromatic rings. The smallest absolute Gasteiger partial charge is 0.254 e. The topological polar surface area (TPSA) is 46.3 Å². The molecule has 0 saturated carbocycles. The Morgan fingerprint density at radius 3 is 2.70 bits per heavy atom. The normalized spacial score (nSPS) is 10.8. The first kappa shape index (κ1) is 14.9. The summed E-state index contributed by atoms with van der Waals surface area (Å²) in [5, 5.41) is 2.48. The predicted molar refractivity (Wildman–Crippen MR) is 85.2 cm³/mol. The zero-order chi connectivity index (χ0) is 14.7. The Bertz CT molecular complexity index is 596. The Labute approximate surface area is 128 Å². The molecule has 2 rings (SSSR count). The van der Waals surface area contributed by atoms with Crippen LogP contribution in [0.25, 0.3) is 0 Å². The summed E-state index contributed by atoms with van der Waals surface area (Å²) in [6, 6.07) is 9.14. The van der Waals surface area contributed by atoms with Crippen molar-refractivity contribution in [2.24, 2.45) is 0 Å². The fourth-order valence-corrected chi connectivity index (χ4v) is 2.72. The molecular formula is C15H17ClN2OS. The number of rotatable bonds is 4. The van der Waals surface area contributed by atoms with Crippen LogP contribution in [0.4, 0.5) is 5.69 Å². The van der Waals surface area contributed by atoms with Crippen LogP contribution in [0.3, 0.4) is 0 Å². The van der Waals surface area contributed by atoms with Crippen molar-refractivity contribution in [2.45, 2.75) is 26.4 Å². The SMILES string of the molecule is CC(C)N(Cc1cccs1)C(=O)c1ccc(Cl)c(N)c1. The summed E-state index contributed by atoms with van der Waals surface area (Å²) in [7, 11) is 0. The average molecular weight is 309 g/mol. The lowest BCUT2D eigenvalue weighted by Crippen LogP contribution is -2.36. The van der Waals surface area contributed by atoms with E-state index in [1.54, 1.807) is 29.5 Å². The molecule has 0 aliphatic carbocycles. The van der Waals surface area contributed by atoms with E-state index in [0.29, 0.717) is 22.8 Å².